The normalized spacial score (nSPS) is 15.2. The second-order valence-corrected chi connectivity index (χ2v) is 22.1. The molecule has 70 heavy (non-hydrogen) atoms. The van der Waals surface area contributed by atoms with Crippen molar-refractivity contribution in [2.75, 3.05) is 9.71 Å². The van der Waals surface area contributed by atoms with Crippen LogP contribution in [0.4, 0.5) is 28.4 Å². The first kappa shape index (κ1) is 43.1. The van der Waals surface area contributed by atoms with E-state index in [0.717, 1.165) is 71.1 Å². The van der Waals surface area contributed by atoms with Gasteiger partial charge in [0, 0.05) is 55.5 Å². The maximum Gasteiger partial charge on any atom is 0.333 e. The third-order valence-electron chi connectivity index (χ3n) is 16.6. The highest BCUT2D eigenvalue weighted by molar-refractivity contribution is 6.94. The Bertz CT molecular complexity index is 3690. The molecule has 0 spiro atoms. The Balaban J connectivity index is 1.20. The van der Waals surface area contributed by atoms with Crippen molar-refractivity contribution in [1.82, 2.24) is 4.57 Å². The Morgan fingerprint density at radius 3 is 1.94 bits per heavy atom. The van der Waals surface area contributed by atoms with Crippen molar-refractivity contribution in [1.29, 1.82) is 0 Å². The number of benzene rings is 8. The van der Waals surface area contributed by atoms with Gasteiger partial charge < -0.3 is 18.7 Å². The zero-order valence-corrected chi connectivity index (χ0v) is 41.9. The molecule has 0 fully saturated rings. The van der Waals surface area contributed by atoms with E-state index in [9.17, 15) is 0 Å². The monoisotopic (exact) mass is 911 g/mol. The third-order valence-corrected chi connectivity index (χ3v) is 16.6. The summed E-state index contributed by atoms with van der Waals surface area (Å²) < 4.78 is 9.88. The van der Waals surface area contributed by atoms with Crippen LogP contribution in [-0.4, -0.2) is 11.4 Å². The molecule has 2 aromatic heterocycles. The minimum atomic E-state index is -0.128. The summed E-state index contributed by atoms with van der Waals surface area (Å²) in [5.41, 5.74) is 23.9. The second-order valence-electron chi connectivity index (χ2n) is 22.1. The molecule has 1 aliphatic carbocycles. The molecule has 0 amide bonds. The topological polar surface area (TPSA) is 24.6 Å². The molecule has 8 aromatic carbocycles. The number of hydrogen-bond donors (Lipinski definition) is 0. The average Bonchev–Trinajstić information content (AvgIpc) is 3.91. The third kappa shape index (κ3) is 6.42. The molecule has 3 aliphatic rings. The zero-order valence-electron chi connectivity index (χ0n) is 41.9. The van der Waals surface area contributed by atoms with Crippen LogP contribution in [0.15, 0.2) is 156 Å². The molecule has 13 rings (SSSR count). The number of anilines is 5. The van der Waals surface area contributed by atoms with Gasteiger partial charge in [-0.2, -0.15) is 0 Å². The van der Waals surface area contributed by atoms with E-state index < -0.39 is 0 Å². The van der Waals surface area contributed by atoms with Gasteiger partial charge in [0.25, 0.3) is 0 Å². The largest absolute Gasteiger partial charge is 0.454 e. The number of para-hydroxylation sites is 3. The number of hydrogen-bond acceptors (Lipinski definition) is 3. The van der Waals surface area contributed by atoms with Crippen molar-refractivity contribution >= 4 is 90.0 Å². The van der Waals surface area contributed by atoms with Gasteiger partial charge in [-0.05, 0) is 179 Å². The number of unbranched alkanes of at least 4 members (excludes halogenated alkanes) is 2. The van der Waals surface area contributed by atoms with E-state index in [4.69, 9.17) is 4.42 Å². The lowest BCUT2D eigenvalue weighted by Crippen LogP contribution is -2.61. The number of rotatable bonds is 10. The molecule has 0 N–H and O–H groups in total. The van der Waals surface area contributed by atoms with Gasteiger partial charge in [0.05, 0.1) is 16.7 Å². The quantitative estimate of drug-likeness (QED) is 0.128. The van der Waals surface area contributed by atoms with Gasteiger partial charge >= 0.3 is 6.85 Å². The highest BCUT2D eigenvalue weighted by atomic mass is 16.3. The predicted octanol–water partition coefficient (Wildman–Crippen LogP) is 16.7. The first-order valence-corrected chi connectivity index (χ1v) is 26.1. The van der Waals surface area contributed by atoms with Gasteiger partial charge in [0.15, 0.2) is 5.58 Å². The van der Waals surface area contributed by atoms with Gasteiger partial charge in [-0.25, -0.2) is 0 Å². The minimum absolute atomic E-state index is 0.0347. The molecule has 0 saturated heterocycles. The Morgan fingerprint density at radius 2 is 1.23 bits per heavy atom. The van der Waals surface area contributed by atoms with E-state index in [1.54, 1.807) is 0 Å². The van der Waals surface area contributed by atoms with Crippen molar-refractivity contribution in [2.24, 2.45) is 0 Å². The van der Waals surface area contributed by atoms with Crippen LogP contribution in [0.3, 0.4) is 0 Å². The lowest BCUT2D eigenvalue weighted by molar-refractivity contribution is 0.332. The molecule has 2 aliphatic heterocycles. The number of nitrogens with zero attached hydrogens (tertiary/aromatic N) is 3. The van der Waals surface area contributed by atoms with E-state index in [0.29, 0.717) is 0 Å². The van der Waals surface area contributed by atoms with Gasteiger partial charge in [-0.1, -0.05) is 127 Å². The number of furan rings is 1. The maximum atomic E-state index is 7.25. The van der Waals surface area contributed by atoms with E-state index >= 15 is 0 Å². The molecular formula is C65H62BN3O. The van der Waals surface area contributed by atoms with Crippen molar-refractivity contribution in [2.45, 2.75) is 111 Å². The summed E-state index contributed by atoms with van der Waals surface area (Å²) in [6.07, 6.45) is 9.13. The summed E-state index contributed by atoms with van der Waals surface area (Å²) in [5, 5.41) is 4.99. The molecular weight excluding hydrogens is 850 g/mol. The molecule has 0 bridgehead atoms. The zero-order chi connectivity index (χ0) is 47.6. The molecule has 0 atom stereocenters. The number of aromatic nitrogens is 1. The fourth-order valence-electron chi connectivity index (χ4n) is 12.9. The summed E-state index contributed by atoms with van der Waals surface area (Å²) in [7, 11) is 0. The van der Waals surface area contributed by atoms with Crippen LogP contribution in [0, 0.1) is 6.92 Å². The predicted molar refractivity (Wildman–Crippen MR) is 299 cm³/mol. The van der Waals surface area contributed by atoms with Crippen molar-refractivity contribution in [3.05, 3.63) is 179 Å². The average molecular weight is 912 g/mol. The molecule has 10 aromatic rings. The lowest BCUT2D eigenvalue weighted by atomic mass is 9.43. The Hall–Kier alpha value is -6.98. The van der Waals surface area contributed by atoms with Gasteiger partial charge in [0.1, 0.15) is 5.58 Å². The number of aryl methyl sites for hydroxylation is 3. The lowest BCUT2D eigenvalue weighted by Gasteiger charge is -2.46. The van der Waals surface area contributed by atoms with E-state index in [2.05, 4.69) is 214 Å². The van der Waals surface area contributed by atoms with Crippen LogP contribution in [0.2, 0.25) is 0 Å². The van der Waals surface area contributed by atoms with Crippen molar-refractivity contribution in [3.63, 3.8) is 0 Å². The van der Waals surface area contributed by atoms with Gasteiger partial charge in [-0.3, -0.25) is 0 Å². The SMILES string of the molecule is CCCCc1ccc2c(c1)c1cc(CCCC)cc3c1n2-c1c2c(cc4c1oc1ccccc14)-c1cc(N(c4ccccc4)c4ccccc4)ccc1N(c1cc4c(cc1C)C(C)(C)CCC4(C)C)B23. The molecule has 0 radical (unpaired) electrons. The molecule has 4 heterocycles. The molecule has 4 nitrogen and oxygen atoms in total. The van der Waals surface area contributed by atoms with Crippen molar-refractivity contribution in [3.8, 4) is 16.8 Å². The van der Waals surface area contributed by atoms with Gasteiger partial charge in [0.2, 0.25) is 0 Å². The van der Waals surface area contributed by atoms with Crippen LogP contribution in [0.25, 0.3) is 60.6 Å². The van der Waals surface area contributed by atoms with Crippen LogP contribution >= 0.6 is 0 Å². The summed E-state index contributed by atoms with van der Waals surface area (Å²) in [5.74, 6) is 0. The van der Waals surface area contributed by atoms with Crippen LogP contribution in [0.1, 0.15) is 108 Å². The summed E-state index contributed by atoms with van der Waals surface area (Å²) >= 11 is 0. The summed E-state index contributed by atoms with van der Waals surface area (Å²) in [6, 6.07) is 57.8. The van der Waals surface area contributed by atoms with Gasteiger partial charge in [-0.15, -0.1) is 0 Å². The Kier molecular flexibility index (Phi) is 9.87. The number of fused-ring (bicyclic) bond motifs is 12. The Morgan fingerprint density at radius 1 is 0.571 bits per heavy atom. The molecule has 0 saturated carbocycles. The highest BCUT2D eigenvalue weighted by Gasteiger charge is 2.47. The Labute approximate surface area is 413 Å². The van der Waals surface area contributed by atoms with Crippen LogP contribution in [0.5, 0.6) is 0 Å². The first-order valence-electron chi connectivity index (χ1n) is 26.1. The fourth-order valence-corrected chi connectivity index (χ4v) is 12.9. The summed E-state index contributed by atoms with van der Waals surface area (Å²) in [6.45, 7) is 16.7. The second kappa shape index (κ2) is 16.0. The highest BCUT2D eigenvalue weighted by Crippen LogP contribution is 2.53. The minimum Gasteiger partial charge on any atom is -0.454 e. The standard InChI is InChI=1S/C65H62BN3O/c1-8-10-20-42-28-30-56-48(35-42)51-36-43(21-11-9-2)37-55-61(51)68(56)62-60-50(39-52-47-26-18-19-27-59(47)70-63(52)62)49-38-46(67(44-22-14-12-15-23-44)45-24-16-13-17-25-45)29-31-57(49)69(66(55)60)58-40-54-53(34-41(58)3)64(4,5)32-33-65(54,6)7/h12-19,22-31,34-40H,8-11,20-21,32-33H2,1-7H3. The van der Waals surface area contributed by atoms with E-state index in [1.165, 1.54) is 108 Å². The first-order chi connectivity index (χ1) is 34.0. The smallest absolute Gasteiger partial charge is 0.333 e. The molecule has 0 unspecified atom stereocenters. The summed E-state index contributed by atoms with van der Waals surface area (Å²) in [4.78, 5) is 5.19. The van der Waals surface area contributed by atoms with Crippen LogP contribution < -0.4 is 20.6 Å². The van der Waals surface area contributed by atoms with E-state index in [-0.39, 0.29) is 17.7 Å². The molecule has 346 valence electrons. The molecule has 5 heteroatoms. The maximum absolute atomic E-state index is 7.25. The van der Waals surface area contributed by atoms with Crippen LogP contribution in [-0.2, 0) is 23.7 Å². The van der Waals surface area contributed by atoms with Crippen molar-refractivity contribution < 1.29 is 4.42 Å². The van der Waals surface area contributed by atoms with E-state index in [1.807, 2.05) is 0 Å². The fraction of sp³-hybridized carbons (Fsp3) is 0.262.